The molecule has 0 unspecified atom stereocenters. The molecule has 0 radical (unpaired) electrons. The van der Waals surface area contributed by atoms with Crippen LogP contribution in [0.4, 0.5) is 5.69 Å². The zero-order chi connectivity index (χ0) is 14.5. The first kappa shape index (κ1) is 14.7. The molecular weight excluding hydrogens is 252 g/mol. The Morgan fingerprint density at radius 3 is 2.70 bits per heavy atom. The van der Waals surface area contributed by atoms with Gasteiger partial charge in [0.2, 0.25) is 0 Å². The Morgan fingerprint density at radius 2 is 2.05 bits per heavy atom. The summed E-state index contributed by atoms with van der Waals surface area (Å²) in [7, 11) is 0. The maximum absolute atomic E-state index is 12.4. The van der Waals surface area contributed by atoms with Gasteiger partial charge in [0.05, 0.1) is 6.61 Å². The first-order valence-corrected chi connectivity index (χ1v) is 7.44. The molecule has 1 aliphatic carbocycles. The van der Waals surface area contributed by atoms with Crippen molar-refractivity contribution >= 4 is 11.6 Å². The van der Waals surface area contributed by atoms with Gasteiger partial charge in [-0.3, -0.25) is 4.79 Å². The second-order valence-electron chi connectivity index (χ2n) is 5.58. The summed E-state index contributed by atoms with van der Waals surface area (Å²) in [5, 5.41) is 3.10. The first-order chi connectivity index (χ1) is 9.61. The average Bonchev–Trinajstić information content (AvgIpc) is 2.42. The smallest absolute Gasteiger partial charge is 0.257 e. The Morgan fingerprint density at radius 1 is 1.35 bits per heavy atom. The highest BCUT2D eigenvalue weighted by Crippen LogP contribution is 2.27. The van der Waals surface area contributed by atoms with Crippen LogP contribution in [0.3, 0.4) is 0 Å². The number of carbonyl (C=O) groups excluding carboxylic acids is 1. The van der Waals surface area contributed by atoms with Crippen LogP contribution in [-0.4, -0.2) is 18.6 Å². The molecule has 1 aromatic rings. The van der Waals surface area contributed by atoms with Crippen molar-refractivity contribution < 1.29 is 9.53 Å². The Kier molecular flexibility index (Phi) is 4.88. The molecule has 4 nitrogen and oxygen atoms in total. The fourth-order valence-electron chi connectivity index (χ4n) is 2.73. The van der Waals surface area contributed by atoms with Crippen LogP contribution in [-0.2, 0) is 0 Å². The van der Waals surface area contributed by atoms with Crippen molar-refractivity contribution in [1.29, 1.82) is 0 Å². The highest BCUT2D eigenvalue weighted by atomic mass is 16.5. The number of nitrogens with two attached hydrogens (primary N) is 1. The summed E-state index contributed by atoms with van der Waals surface area (Å²) < 4.78 is 5.50. The van der Waals surface area contributed by atoms with Gasteiger partial charge in [0.25, 0.3) is 5.91 Å². The predicted molar refractivity (Wildman–Crippen MR) is 80.9 cm³/mol. The number of hydrogen-bond acceptors (Lipinski definition) is 3. The first-order valence-electron chi connectivity index (χ1n) is 7.44. The number of nitrogens with one attached hydrogen (secondary N) is 1. The zero-order valence-corrected chi connectivity index (χ0v) is 12.3. The molecule has 1 aromatic carbocycles. The zero-order valence-electron chi connectivity index (χ0n) is 12.3. The molecule has 110 valence electrons. The molecule has 1 saturated carbocycles. The lowest BCUT2D eigenvalue weighted by Gasteiger charge is -2.27. The summed E-state index contributed by atoms with van der Waals surface area (Å²) in [4.78, 5) is 12.4. The second-order valence-corrected chi connectivity index (χ2v) is 5.58. The van der Waals surface area contributed by atoms with E-state index < -0.39 is 0 Å². The number of nitrogen functional groups attached to an aromatic ring is 1. The van der Waals surface area contributed by atoms with E-state index in [1.54, 1.807) is 18.2 Å². The third-order valence-electron chi connectivity index (χ3n) is 3.94. The van der Waals surface area contributed by atoms with Crippen molar-refractivity contribution in [3.8, 4) is 5.75 Å². The molecule has 0 aromatic heterocycles. The number of rotatable bonds is 4. The largest absolute Gasteiger partial charge is 0.493 e. The molecule has 0 aliphatic heterocycles. The lowest BCUT2D eigenvalue weighted by molar-refractivity contribution is 0.0920. The summed E-state index contributed by atoms with van der Waals surface area (Å²) in [5.41, 5.74) is 6.87. The third kappa shape index (κ3) is 3.44. The number of benzene rings is 1. The lowest BCUT2D eigenvalue weighted by atomic mass is 9.87. The molecule has 4 heteroatoms. The Balaban J connectivity index is 2.08. The van der Waals surface area contributed by atoms with Crippen molar-refractivity contribution in [2.24, 2.45) is 5.92 Å². The van der Waals surface area contributed by atoms with Gasteiger partial charge in [-0.25, -0.2) is 0 Å². The van der Waals surface area contributed by atoms with Gasteiger partial charge in [-0.05, 0) is 50.7 Å². The van der Waals surface area contributed by atoms with E-state index in [0.717, 1.165) is 18.8 Å². The van der Waals surface area contributed by atoms with Crippen molar-refractivity contribution in [1.82, 2.24) is 5.32 Å². The molecule has 0 atom stereocenters. The minimum absolute atomic E-state index is 0.119. The minimum atomic E-state index is -0.119. The van der Waals surface area contributed by atoms with Crippen LogP contribution < -0.4 is 15.8 Å². The highest BCUT2D eigenvalue weighted by Gasteiger charge is 2.23. The van der Waals surface area contributed by atoms with E-state index in [4.69, 9.17) is 10.5 Å². The van der Waals surface area contributed by atoms with Gasteiger partial charge < -0.3 is 15.8 Å². The summed E-state index contributed by atoms with van der Waals surface area (Å²) >= 11 is 0. The maximum Gasteiger partial charge on any atom is 0.257 e. The number of ether oxygens (including phenoxy) is 1. The number of carbonyl (C=O) groups is 1. The third-order valence-corrected chi connectivity index (χ3v) is 3.94. The number of anilines is 1. The summed E-state index contributed by atoms with van der Waals surface area (Å²) in [6, 6.07) is 5.59. The Labute approximate surface area is 120 Å². The van der Waals surface area contributed by atoms with Gasteiger partial charge >= 0.3 is 0 Å². The average molecular weight is 276 g/mol. The van der Waals surface area contributed by atoms with Gasteiger partial charge in [-0.2, -0.15) is 0 Å². The summed E-state index contributed by atoms with van der Waals surface area (Å²) in [5.74, 6) is 1.21. The minimum Gasteiger partial charge on any atom is -0.493 e. The van der Waals surface area contributed by atoms with E-state index in [1.807, 2.05) is 6.92 Å². The molecule has 0 spiro atoms. The fourth-order valence-corrected chi connectivity index (χ4v) is 2.73. The van der Waals surface area contributed by atoms with Gasteiger partial charge in [0, 0.05) is 11.7 Å². The molecule has 1 aliphatic rings. The quantitative estimate of drug-likeness (QED) is 0.831. The molecular formula is C16H24N2O2. The van der Waals surface area contributed by atoms with Crippen LogP contribution in [0.5, 0.6) is 5.75 Å². The van der Waals surface area contributed by atoms with Gasteiger partial charge in [-0.1, -0.05) is 13.0 Å². The summed E-state index contributed by atoms with van der Waals surface area (Å²) in [6.45, 7) is 4.68. The lowest BCUT2D eigenvalue weighted by Crippen LogP contribution is -2.37. The van der Waals surface area contributed by atoms with Crippen LogP contribution >= 0.6 is 0 Å². The second kappa shape index (κ2) is 6.64. The maximum atomic E-state index is 12.4. The van der Waals surface area contributed by atoms with Crippen LogP contribution in [0.15, 0.2) is 18.2 Å². The van der Waals surface area contributed by atoms with E-state index >= 15 is 0 Å². The predicted octanol–water partition coefficient (Wildman–Crippen LogP) is 2.98. The standard InChI is InChI=1S/C16H24N2O2/c1-3-20-14-6-4-5-13(17)15(14)16(19)18-12-9-7-11(2)8-10-12/h4-6,11-12H,3,7-10,17H2,1-2H3,(H,18,19). The van der Waals surface area contributed by atoms with Crippen molar-refractivity contribution in [3.05, 3.63) is 23.8 Å². The molecule has 1 fully saturated rings. The van der Waals surface area contributed by atoms with E-state index in [-0.39, 0.29) is 11.9 Å². The van der Waals surface area contributed by atoms with Crippen LogP contribution in [0.2, 0.25) is 0 Å². The van der Waals surface area contributed by atoms with Crippen molar-refractivity contribution in [2.45, 2.75) is 45.6 Å². The number of hydrogen-bond donors (Lipinski definition) is 2. The SMILES string of the molecule is CCOc1cccc(N)c1C(=O)NC1CCC(C)CC1. The van der Waals surface area contributed by atoms with Gasteiger partial charge in [0.15, 0.2) is 0 Å². The number of amides is 1. The van der Waals surface area contributed by atoms with Crippen LogP contribution in [0.1, 0.15) is 49.9 Å². The van der Waals surface area contributed by atoms with Crippen LogP contribution in [0.25, 0.3) is 0 Å². The molecule has 1 amide bonds. The topological polar surface area (TPSA) is 64.3 Å². The molecule has 20 heavy (non-hydrogen) atoms. The van der Waals surface area contributed by atoms with Crippen molar-refractivity contribution in [3.63, 3.8) is 0 Å². The monoisotopic (exact) mass is 276 g/mol. The highest BCUT2D eigenvalue weighted by molar-refractivity contribution is 6.02. The fraction of sp³-hybridized carbons (Fsp3) is 0.562. The van der Waals surface area contributed by atoms with E-state index in [0.29, 0.717) is 23.6 Å². The molecule has 2 rings (SSSR count). The normalized spacial score (nSPS) is 22.3. The van der Waals surface area contributed by atoms with Gasteiger partial charge in [0.1, 0.15) is 11.3 Å². The molecule has 0 saturated heterocycles. The molecule has 0 bridgehead atoms. The van der Waals surface area contributed by atoms with E-state index in [1.165, 1.54) is 12.8 Å². The van der Waals surface area contributed by atoms with E-state index in [2.05, 4.69) is 12.2 Å². The Hall–Kier alpha value is -1.71. The van der Waals surface area contributed by atoms with Crippen LogP contribution in [0, 0.1) is 5.92 Å². The molecule has 3 N–H and O–H groups in total. The molecule has 0 heterocycles. The van der Waals surface area contributed by atoms with Crippen molar-refractivity contribution in [2.75, 3.05) is 12.3 Å². The van der Waals surface area contributed by atoms with E-state index in [9.17, 15) is 4.79 Å². The van der Waals surface area contributed by atoms with Gasteiger partial charge in [-0.15, -0.1) is 0 Å². The Bertz CT molecular complexity index is 466. The summed E-state index contributed by atoms with van der Waals surface area (Å²) in [6.07, 6.45) is 4.44.